The van der Waals surface area contributed by atoms with Gasteiger partial charge in [-0.3, -0.25) is 9.78 Å². The highest BCUT2D eigenvalue weighted by Gasteiger charge is 2.16. The number of anilines is 1. The molecule has 1 aliphatic rings. The third-order valence-electron chi connectivity index (χ3n) is 4.55. The van der Waals surface area contributed by atoms with Crippen LogP contribution in [0.15, 0.2) is 36.8 Å². The first-order chi connectivity index (χ1) is 13.1. The van der Waals surface area contributed by atoms with E-state index in [0.29, 0.717) is 23.0 Å². The van der Waals surface area contributed by atoms with Crippen LogP contribution < -0.4 is 10.6 Å². The van der Waals surface area contributed by atoms with E-state index in [0.717, 1.165) is 25.1 Å². The minimum Gasteiger partial charge on any atom is -0.312 e. The number of carbonyl (C=O) groups excluding carboxylic acids is 1. The average molecular weight is 363 g/mol. The predicted octanol–water partition coefficient (Wildman–Crippen LogP) is 2.21. The summed E-state index contributed by atoms with van der Waals surface area (Å²) in [5.74, 6) is 0.839. The highest BCUT2D eigenvalue weighted by atomic mass is 16.1. The normalized spacial score (nSPS) is 13.4. The number of rotatable bonds is 4. The van der Waals surface area contributed by atoms with Gasteiger partial charge in [0, 0.05) is 18.8 Å². The Bertz CT molecular complexity index is 980. The molecule has 4 rings (SSSR count). The first kappa shape index (κ1) is 17.3. The van der Waals surface area contributed by atoms with Crippen molar-refractivity contribution in [3.05, 3.63) is 53.6 Å². The maximum absolute atomic E-state index is 12.6. The van der Waals surface area contributed by atoms with Crippen molar-refractivity contribution in [3.8, 4) is 11.5 Å². The van der Waals surface area contributed by atoms with E-state index in [-0.39, 0.29) is 11.9 Å². The van der Waals surface area contributed by atoms with Gasteiger partial charge >= 0.3 is 0 Å². The summed E-state index contributed by atoms with van der Waals surface area (Å²) in [6, 6.07) is 7.49. The predicted molar refractivity (Wildman–Crippen MR) is 101 cm³/mol. The fourth-order valence-electron chi connectivity index (χ4n) is 3.10. The van der Waals surface area contributed by atoms with Crippen LogP contribution >= 0.6 is 0 Å². The number of amides is 1. The molecule has 1 amide bonds. The quantitative estimate of drug-likeness (QED) is 0.738. The molecule has 0 aliphatic carbocycles. The number of nitrogens with one attached hydrogen (secondary N) is 2. The van der Waals surface area contributed by atoms with E-state index < -0.39 is 0 Å². The molecule has 0 atom stereocenters. The summed E-state index contributed by atoms with van der Waals surface area (Å²) in [5, 5.41) is 14.3. The zero-order valence-electron chi connectivity index (χ0n) is 15.3. The molecule has 0 aromatic carbocycles. The molecule has 0 radical (unpaired) electrons. The number of pyridine rings is 2. The molecule has 2 N–H and O–H groups in total. The van der Waals surface area contributed by atoms with Crippen LogP contribution in [0.2, 0.25) is 0 Å². The van der Waals surface area contributed by atoms with Crippen LogP contribution in [0.1, 0.15) is 41.5 Å². The maximum atomic E-state index is 12.6. The standard InChI is InChI=1S/C19H21N7O/c1-12(2)26-11-22-25-18(26)15-4-3-5-17(23-15)24-19(27)16-8-14-9-20-7-6-13(14)10-21-16/h3-5,8,10-12,20H,6-7,9H2,1-2H3,(H,23,24,27). The summed E-state index contributed by atoms with van der Waals surface area (Å²) in [5.41, 5.74) is 3.35. The van der Waals surface area contributed by atoms with Crippen LogP contribution in [0.5, 0.6) is 0 Å². The van der Waals surface area contributed by atoms with Crippen LogP contribution in [-0.4, -0.2) is 37.2 Å². The molecule has 8 nitrogen and oxygen atoms in total. The Morgan fingerprint density at radius 1 is 1.30 bits per heavy atom. The van der Waals surface area contributed by atoms with Crippen LogP contribution in [-0.2, 0) is 13.0 Å². The third kappa shape index (κ3) is 3.56. The Hall–Kier alpha value is -3.13. The molecule has 3 aromatic rings. The van der Waals surface area contributed by atoms with Crippen molar-refractivity contribution in [2.45, 2.75) is 32.9 Å². The van der Waals surface area contributed by atoms with E-state index in [1.807, 2.05) is 22.8 Å². The van der Waals surface area contributed by atoms with Gasteiger partial charge in [0.25, 0.3) is 5.91 Å². The lowest BCUT2D eigenvalue weighted by molar-refractivity contribution is 0.102. The molecule has 0 saturated carbocycles. The van der Waals surface area contributed by atoms with E-state index in [2.05, 4.69) is 44.6 Å². The second-order valence-corrected chi connectivity index (χ2v) is 6.78. The molecular formula is C19H21N7O. The van der Waals surface area contributed by atoms with Crippen LogP contribution in [0.4, 0.5) is 5.82 Å². The van der Waals surface area contributed by atoms with E-state index in [1.54, 1.807) is 18.6 Å². The van der Waals surface area contributed by atoms with Crippen molar-refractivity contribution >= 4 is 11.7 Å². The third-order valence-corrected chi connectivity index (χ3v) is 4.55. The van der Waals surface area contributed by atoms with Gasteiger partial charge in [0.15, 0.2) is 5.82 Å². The fourth-order valence-corrected chi connectivity index (χ4v) is 3.10. The molecule has 0 unspecified atom stereocenters. The second-order valence-electron chi connectivity index (χ2n) is 6.78. The van der Waals surface area contributed by atoms with Gasteiger partial charge in [-0.25, -0.2) is 4.98 Å². The van der Waals surface area contributed by atoms with Gasteiger partial charge in [0.1, 0.15) is 23.5 Å². The van der Waals surface area contributed by atoms with Gasteiger partial charge in [-0.1, -0.05) is 6.07 Å². The largest absolute Gasteiger partial charge is 0.312 e. The highest BCUT2D eigenvalue weighted by Crippen LogP contribution is 2.20. The van der Waals surface area contributed by atoms with Crippen LogP contribution in [0.25, 0.3) is 11.5 Å². The van der Waals surface area contributed by atoms with E-state index in [4.69, 9.17) is 0 Å². The van der Waals surface area contributed by atoms with Crippen LogP contribution in [0.3, 0.4) is 0 Å². The van der Waals surface area contributed by atoms with Crippen molar-refractivity contribution in [1.29, 1.82) is 0 Å². The molecule has 1 aliphatic heterocycles. The van der Waals surface area contributed by atoms with Crippen LogP contribution in [0, 0.1) is 0 Å². The molecular weight excluding hydrogens is 342 g/mol. The van der Waals surface area contributed by atoms with E-state index >= 15 is 0 Å². The number of fused-ring (bicyclic) bond motifs is 1. The molecule has 27 heavy (non-hydrogen) atoms. The lowest BCUT2D eigenvalue weighted by atomic mass is 10.0. The van der Waals surface area contributed by atoms with Gasteiger partial charge < -0.3 is 15.2 Å². The summed E-state index contributed by atoms with van der Waals surface area (Å²) >= 11 is 0. The Morgan fingerprint density at radius 3 is 3.04 bits per heavy atom. The van der Waals surface area contributed by atoms with Gasteiger partial charge in [0.2, 0.25) is 0 Å². The maximum Gasteiger partial charge on any atom is 0.275 e. The molecule has 0 bridgehead atoms. The SMILES string of the molecule is CC(C)n1cnnc1-c1cccc(NC(=O)c2cc3c(cn2)CCNC3)n1. The number of hydrogen-bond donors (Lipinski definition) is 2. The summed E-state index contributed by atoms with van der Waals surface area (Å²) in [7, 11) is 0. The first-order valence-electron chi connectivity index (χ1n) is 8.98. The van der Waals surface area contributed by atoms with Crippen molar-refractivity contribution in [3.63, 3.8) is 0 Å². The van der Waals surface area contributed by atoms with E-state index in [1.165, 1.54) is 5.56 Å². The Kier molecular flexibility index (Phi) is 4.64. The molecule has 0 spiro atoms. The first-order valence-corrected chi connectivity index (χ1v) is 8.98. The number of nitrogens with zero attached hydrogens (tertiary/aromatic N) is 5. The van der Waals surface area contributed by atoms with Gasteiger partial charge in [-0.05, 0) is 56.1 Å². The number of carbonyl (C=O) groups is 1. The topological polar surface area (TPSA) is 97.6 Å². The van der Waals surface area contributed by atoms with Gasteiger partial charge in [-0.15, -0.1) is 10.2 Å². The van der Waals surface area contributed by atoms with Crippen molar-refractivity contribution < 1.29 is 4.79 Å². The number of aromatic nitrogens is 5. The Morgan fingerprint density at radius 2 is 2.19 bits per heavy atom. The summed E-state index contributed by atoms with van der Waals surface area (Å²) in [6.45, 7) is 5.80. The second kappa shape index (κ2) is 7.24. The van der Waals surface area contributed by atoms with Gasteiger partial charge in [-0.2, -0.15) is 0 Å². The van der Waals surface area contributed by atoms with E-state index in [9.17, 15) is 4.79 Å². The number of hydrogen-bond acceptors (Lipinski definition) is 6. The minimum atomic E-state index is -0.279. The zero-order valence-corrected chi connectivity index (χ0v) is 15.3. The fraction of sp³-hybridized carbons (Fsp3) is 0.316. The molecule has 138 valence electrons. The molecule has 4 heterocycles. The molecule has 3 aromatic heterocycles. The highest BCUT2D eigenvalue weighted by molar-refractivity contribution is 6.02. The Labute approximate surface area is 157 Å². The lowest BCUT2D eigenvalue weighted by Crippen LogP contribution is -2.25. The minimum absolute atomic E-state index is 0.211. The molecule has 0 fully saturated rings. The monoisotopic (exact) mass is 363 g/mol. The Balaban J connectivity index is 1.56. The summed E-state index contributed by atoms with van der Waals surface area (Å²) in [6.07, 6.45) is 4.41. The van der Waals surface area contributed by atoms with Gasteiger partial charge in [0.05, 0.1) is 0 Å². The van der Waals surface area contributed by atoms with Crippen molar-refractivity contribution in [2.75, 3.05) is 11.9 Å². The molecule has 8 heteroatoms. The zero-order chi connectivity index (χ0) is 18.8. The molecule has 0 saturated heterocycles. The summed E-state index contributed by atoms with van der Waals surface area (Å²) in [4.78, 5) is 21.4. The smallest absolute Gasteiger partial charge is 0.275 e. The summed E-state index contributed by atoms with van der Waals surface area (Å²) < 4.78 is 1.94. The van der Waals surface area contributed by atoms with Crippen molar-refractivity contribution in [2.24, 2.45) is 0 Å². The van der Waals surface area contributed by atoms with Crippen molar-refractivity contribution in [1.82, 2.24) is 30.0 Å². The average Bonchev–Trinajstić information content (AvgIpc) is 3.18. The lowest BCUT2D eigenvalue weighted by Gasteiger charge is -2.17.